The highest BCUT2D eigenvalue weighted by atomic mass is 16.6. The van der Waals surface area contributed by atoms with Crippen LogP contribution in [0.4, 0.5) is 11.4 Å². The molecule has 2 aromatic rings. The van der Waals surface area contributed by atoms with E-state index in [1.165, 1.54) is 12.1 Å². The molecule has 0 amide bonds. The molecule has 0 bridgehead atoms. The highest BCUT2D eigenvalue weighted by Gasteiger charge is 2.19. The summed E-state index contributed by atoms with van der Waals surface area (Å²) in [6, 6.07) is 3.55. The molecule has 110 valence electrons. The molecule has 0 aliphatic carbocycles. The minimum absolute atomic E-state index is 0.176. The Morgan fingerprint density at radius 3 is 2.57 bits per heavy atom. The molecule has 0 aliphatic heterocycles. The molecule has 0 aliphatic rings. The molecule has 0 radical (unpaired) electrons. The lowest BCUT2D eigenvalue weighted by Crippen LogP contribution is -2.14. The van der Waals surface area contributed by atoms with E-state index in [1.54, 1.807) is 13.1 Å². The van der Waals surface area contributed by atoms with Crippen LogP contribution < -0.4 is 5.32 Å². The molecule has 0 saturated heterocycles. The first-order valence-corrected chi connectivity index (χ1v) is 6.01. The molecule has 0 atom stereocenters. The van der Waals surface area contributed by atoms with Crippen LogP contribution in [0.3, 0.4) is 0 Å². The van der Waals surface area contributed by atoms with Crippen LogP contribution in [0.25, 0.3) is 0 Å². The molecule has 2 rings (SSSR count). The molecule has 9 heteroatoms. The fraction of sp³-hybridized carbons (Fsp3) is 0.250. The molecule has 21 heavy (non-hydrogen) atoms. The van der Waals surface area contributed by atoms with E-state index in [4.69, 9.17) is 4.42 Å². The summed E-state index contributed by atoms with van der Waals surface area (Å²) in [5, 5.41) is 24.5. The average Bonchev–Trinajstić information content (AvgIpc) is 2.84. The lowest BCUT2D eigenvalue weighted by Gasteiger charge is -2.04. The van der Waals surface area contributed by atoms with Crippen LogP contribution in [0.2, 0.25) is 0 Å². The van der Waals surface area contributed by atoms with Gasteiger partial charge >= 0.3 is 0 Å². The fourth-order valence-corrected chi connectivity index (χ4v) is 1.77. The number of oxazole rings is 1. The Kier molecular flexibility index (Phi) is 4.24. The number of nitrogens with zero attached hydrogens (tertiary/aromatic N) is 3. The normalized spacial score (nSPS) is 10.5. The van der Waals surface area contributed by atoms with Crippen molar-refractivity contribution in [2.24, 2.45) is 0 Å². The quantitative estimate of drug-likeness (QED) is 0.638. The first-order valence-electron chi connectivity index (χ1n) is 6.01. The Morgan fingerprint density at radius 1 is 1.24 bits per heavy atom. The zero-order valence-corrected chi connectivity index (χ0v) is 11.1. The fourth-order valence-electron chi connectivity index (χ4n) is 1.77. The molecule has 1 aromatic heterocycles. The second-order valence-electron chi connectivity index (χ2n) is 4.30. The van der Waals surface area contributed by atoms with Crippen LogP contribution in [0.5, 0.6) is 0 Å². The molecule has 0 unspecified atom stereocenters. The van der Waals surface area contributed by atoms with Crippen molar-refractivity contribution in [2.75, 3.05) is 0 Å². The van der Waals surface area contributed by atoms with Crippen LogP contribution in [0.1, 0.15) is 17.2 Å². The van der Waals surface area contributed by atoms with Crippen LogP contribution in [-0.2, 0) is 13.1 Å². The van der Waals surface area contributed by atoms with Gasteiger partial charge in [-0.25, -0.2) is 4.98 Å². The second kappa shape index (κ2) is 6.09. The van der Waals surface area contributed by atoms with Crippen LogP contribution in [0, 0.1) is 27.2 Å². The van der Waals surface area contributed by atoms with Gasteiger partial charge in [0.2, 0.25) is 5.89 Å². The largest absolute Gasteiger partial charge is 0.445 e. The van der Waals surface area contributed by atoms with E-state index < -0.39 is 9.85 Å². The number of aryl methyl sites for hydroxylation is 1. The third kappa shape index (κ3) is 3.60. The summed E-state index contributed by atoms with van der Waals surface area (Å²) in [7, 11) is 0. The molecule has 0 spiro atoms. The summed E-state index contributed by atoms with van der Waals surface area (Å²) in [4.78, 5) is 24.3. The summed E-state index contributed by atoms with van der Waals surface area (Å²) >= 11 is 0. The highest BCUT2D eigenvalue weighted by molar-refractivity contribution is 5.49. The summed E-state index contributed by atoms with van der Waals surface area (Å²) in [5.41, 5.74) is -0.247. The summed E-state index contributed by atoms with van der Waals surface area (Å²) in [6.45, 7) is 2.25. The van der Waals surface area contributed by atoms with Gasteiger partial charge in [0.05, 0.1) is 28.7 Å². The second-order valence-corrected chi connectivity index (χ2v) is 4.30. The van der Waals surface area contributed by atoms with Gasteiger partial charge in [-0.05, 0) is 13.0 Å². The third-order valence-corrected chi connectivity index (χ3v) is 2.74. The minimum atomic E-state index is -0.667. The molecule has 1 N–H and O–H groups in total. The Hall–Kier alpha value is -2.81. The van der Waals surface area contributed by atoms with Crippen molar-refractivity contribution >= 4 is 11.4 Å². The minimum Gasteiger partial charge on any atom is -0.445 e. The van der Waals surface area contributed by atoms with Gasteiger partial charge in [-0.3, -0.25) is 20.2 Å². The van der Waals surface area contributed by atoms with Gasteiger partial charge in [-0.15, -0.1) is 0 Å². The number of aromatic nitrogens is 1. The summed E-state index contributed by atoms with van der Waals surface area (Å²) < 4.78 is 5.25. The van der Waals surface area contributed by atoms with Crippen molar-refractivity contribution in [2.45, 2.75) is 20.0 Å². The monoisotopic (exact) mass is 292 g/mol. The third-order valence-electron chi connectivity index (χ3n) is 2.74. The maximum absolute atomic E-state index is 11.0. The lowest BCUT2D eigenvalue weighted by molar-refractivity contribution is -0.394. The van der Waals surface area contributed by atoms with Crippen LogP contribution >= 0.6 is 0 Å². The maximum atomic E-state index is 11.0. The maximum Gasteiger partial charge on any atom is 0.280 e. The first kappa shape index (κ1) is 14.6. The summed E-state index contributed by atoms with van der Waals surface area (Å²) in [6.07, 6.45) is 1.57. The molecular formula is C12H12N4O5. The van der Waals surface area contributed by atoms with Gasteiger partial charge in [0.15, 0.2) is 0 Å². The van der Waals surface area contributed by atoms with Gasteiger partial charge in [-0.1, -0.05) is 0 Å². The predicted octanol–water partition coefficient (Wildman–Crippen LogP) is 2.09. The number of nitro groups is 2. The van der Waals surface area contributed by atoms with E-state index in [9.17, 15) is 20.2 Å². The van der Waals surface area contributed by atoms with Gasteiger partial charge in [0, 0.05) is 18.2 Å². The van der Waals surface area contributed by atoms with Crippen molar-refractivity contribution in [3.05, 3.63) is 61.8 Å². The lowest BCUT2D eigenvalue weighted by atomic mass is 10.1. The molecular weight excluding hydrogens is 280 g/mol. The van der Waals surface area contributed by atoms with Crippen molar-refractivity contribution in [1.29, 1.82) is 0 Å². The van der Waals surface area contributed by atoms with Gasteiger partial charge in [0.1, 0.15) is 5.76 Å². The molecule has 0 saturated carbocycles. The molecule has 9 nitrogen and oxygen atoms in total. The number of non-ortho nitro benzene ring substituents is 1. The Bertz CT molecular complexity index is 682. The van der Waals surface area contributed by atoms with Crippen molar-refractivity contribution < 1.29 is 14.3 Å². The van der Waals surface area contributed by atoms with Crippen LogP contribution in [-0.4, -0.2) is 14.8 Å². The number of rotatable bonds is 6. The van der Waals surface area contributed by atoms with E-state index in [0.717, 1.165) is 6.07 Å². The zero-order valence-electron chi connectivity index (χ0n) is 11.1. The highest BCUT2D eigenvalue weighted by Crippen LogP contribution is 2.24. The van der Waals surface area contributed by atoms with Crippen molar-refractivity contribution in [3.8, 4) is 0 Å². The SMILES string of the molecule is Cc1cnc(CNCc2ccc([N+](=O)[O-])cc2[N+](=O)[O-])o1. The van der Waals surface area contributed by atoms with E-state index in [1.807, 2.05) is 0 Å². The van der Waals surface area contributed by atoms with E-state index in [-0.39, 0.29) is 17.9 Å². The molecule has 1 aromatic carbocycles. The van der Waals surface area contributed by atoms with Gasteiger partial charge in [0.25, 0.3) is 11.4 Å². The van der Waals surface area contributed by atoms with E-state index in [0.29, 0.717) is 23.8 Å². The Morgan fingerprint density at radius 2 is 2.00 bits per heavy atom. The number of nitrogens with one attached hydrogen (secondary N) is 1. The number of nitro benzene ring substituents is 2. The van der Waals surface area contributed by atoms with Gasteiger partial charge in [-0.2, -0.15) is 0 Å². The number of hydrogen-bond acceptors (Lipinski definition) is 7. The first-order chi connectivity index (χ1) is 9.97. The number of hydrogen-bond donors (Lipinski definition) is 1. The van der Waals surface area contributed by atoms with Crippen molar-refractivity contribution in [3.63, 3.8) is 0 Å². The van der Waals surface area contributed by atoms with Crippen LogP contribution in [0.15, 0.2) is 28.8 Å². The predicted molar refractivity (Wildman–Crippen MR) is 71.5 cm³/mol. The molecule has 1 heterocycles. The average molecular weight is 292 g/mol. The van der Waals surface area contributed by atoms with E-state index >= 15 is 0 Å². The summed E-state index contributed by atoms with van der Waals surface area (Å²) in [5.74, 6) is 1.14. The molecule has 0 fully saturated rings. The smallest absolute Gasteiger partial charge is 0.280 e. The number of benzene rings is 1. The Balaban J connectivity index is 2.08. The van der Waals surface area contributed by atoms with Crippen molar-refractivity contribution in [1.82, 2.24) is 10.3 Å². The van der Waals surface area contributed by atoms with E-state index in [2.05, 4.69) is 10.3 Å². The van der Waals surface area contributed by atoms with Gasteiger partial charge < -0.3 is 9.73 Å². The standard InChI is InChI=1S/C12H12N4O5/c1-8-5-14-12(21-8)7-13-6-9-2-3-10(15(17)18)4-11(9)16(19)20/h2-5,13H,6-7H2,1H3. The zero-order chi connectivity index (χ0) is 15.4. The Labute approximate surface area is 118 Å². The topological polar surface area (TPSA) is 124 Å².